The smallest absolute Gasteiger partial charge is 0.00644 e. The van der Waals surface area contributed by atoms with Crippen molar-refractivity contribution in [3.63, 3.8) is 0 Å². The van der Waals surface area contributed by atoms with Crippen molar-refractivity contribution in [3.8, 4) is 0 Å². The summed E-state index contributed by atoms with van der Waals surface area (Å²) in [5.74, 6) is 0. The van der Waals surface area contributed by atoms with E-state index < -0.39 is 0 Å². The highest BCUT2D eigenvalue weighted by molar-refractivity contribution is 4.90. The molecule has 0 aromatic heterocycles. The molecule has 1 atom stereocenters. The molecule has 2 nitrogen and oxygen atoms in total. The lowest BCUT2D eigenvalue weighted by Crippen LogP contribution is -2.45. The van der Waals surface area contributed by atoms with Gasteiger partial charge in [-0.3, -0.25) is 0 Å². The maximum Gasteiger partial charge on any atom is 0.00644 e. The zero-order chi connectivity index (χ0) is 12.7. The van der Waals surface area contributed by atoms with Crippen molar-refractivity contribution in [2.24, 2.45) is 5.41 Å². The molecule has 2 heteroatoms. The van der Waals surface area contributed by atoms with Gasteiger partial charge in [0.05, 0.1) is 0 Å². The van der Waals surface area contributed by atoms with Gasteiger partial charge in [0.25, 0.3) is 0 Å². The van der Waals surface area contributed by atoms with Crippen molar-refractivity contribution in [3.05, 3.63) is 0 Å². The number of nitrogens with zero attached hydrogens (tertiary/aromatic N) is 1. The molecule has 1 fully saturated rings. The fourth-order valence-corrected chi connectivity index (χ4v) is 3.17. The van der Waals surface area contributed by atoms with Crippen molar-refractivity contribution >= 4 is 0 Å². The van der Waals surface area contributed by atoms with Crippen LogP contribution in [-0.4, -0.2) is 37.1 Å². The second-order valence-corrected chi connectivity index (χ2v) is 5.81. The van der Waals surface area contributed by atoms with Crippen molar-refractivity contribution < 1.29 is 0 Å². The summed E-state index contributed by atoms with van der Waals surface area (Å²) in [6, 6.07) is 0.735. The van der Waals surface area contributed by atoms with Crippen molar-refractivity contribution in [2.75, 3.05) is 26.2 Å². The fourth-order valence-electron chi connectivity index (χ4n) is 3.17. The van der Waals surface area contributed by atoms with Crippen LogP contribution in [0.3, 0.4) is 0 Å². The molecule has 1 aliphatic rings. The van der Waals surface area contributed by atoms with E-state index in [1.807, 2.05) is 0 Å². The quantitative estimate of drug-likeness (QED) is 0.700. The van der Waals surface area contributed by atoms with Crippen LogP contribution in [0.1, 0.15) is 59.8 Å². The van der Waals surface area contributed by atoms with Crippen LogP contribution in [-0.2, 0) is 0 Å². The Morgan fingerprint density at radius 2 is 1.82 bits per heavy atom. The summed E-state index contributed by atoms with van der Waals surface area (Å²) >= 11 is 0. The van der Waals surface area contributed by atoms with Gasteiger partial charge in [-0.1, -0.05) is 33.6 Å². The SMILES string of the molecule is CCNCC1(CN(CC)C(C)CC)CCCC1. The molecule has 1 unspecified atom stereocenters. The van der Waals surface area contributed by atoms with E-state index in [-0.39, 0.29) is 0 Å². The molecule has 0 saturated heterocycles. The molecule has 1 saturated carbocycles. The monoisotopic (exact) mass is 240 g/mol. The molecule has 1 rings (SSSR count). The molecule has 0 aromatic rings. The van der Waals surface area contributed by atoms with Gasteiger partial charge >= 0.3 is 0 Å². The lowest BCUT2D eigenvalue weighted by atomic mass is 9.85. The average Bonchev–Trinajstić information content (AvgIpc) is 2.81. The van der Waals surface area contributed by atoms with Crippen LogP contribution < -0.4 is 5.32 Å². The summed E-state index contributed by atoms with van der Waals surface area (Å²) in [5.41, 5.74) is 0.565. The first-order chi connectivity index (χ1) is 8.17. The number of nitrogens with one attached hydrogen (secondary N) is 1. The Bertz CT molecular complexity index is 197. The molecular formula is C15H32N2. The maximum atomic E-state index is 3.59. The Morgan fingerprint density at radius 1 is 1.18 bits per heavy atom. The molecule has 102 valence electrons. The van der Waals surface area contributed by atoms with E-state index in [0.29, 0.717) is 5.41 Å². The molecule has 0 aliphatic heterocycles. The first kappa shape index (κ1) is 15.0. The molecule has 0 radical (unpaired) electrons. The minimum absolute atomic E-state index is 0.565. The number of rotatable bonds is 8. The van der Waals surface area contributed by atoms with E-state index in [2.05, 4.69) is 37.9 Å². The Hall–Kier alpha value is -0.0800. The minimum atomic E-state index is 0.565. The summed E-state index contributed by atoms with van der Waals surface area (Å²) in [7, 11) is 0. The van der Waals surface area contributed by atoms with Crippen molar-refractivity contribution in [1.29, 1.82) is 0 Å². The predicted octanol–water partition coefficient (Wildman–Crippen LogP) is 3.28. The van der Waals surface area contributed by atoms with Crippen LogP contribution in [0.5, 0.6) is 0 Å². The standard InChI is InChI=1S/C15H32N2/c1-5-14(4)17(7-3)13-15(12-16-6-2)10-8-9-11-15/h14,16H,5-13H2,1-4H3. The van der Waals surface area contributed by atoms with Gasteiger partial charge in [0.1, 0.15) is 0 Å². The van der Waals surface area contributed by atoms with Gasteiger partial charge in [0.15, 0.2) is 0 Å². The lowest BCUT2D eigenvalue weighted by molar-refractivity contribution is 0.118. The third kappa shape index (κ3) is 4.26. The van der Waals surface area contributed by atoms with Crippen LogP contribution in [0.2, 0.25) is 0 Å². The van der Waals surface area contributed by atoms with Gasteiger partial charge in [-0.2, -0.15) is 0 Å². The fraction of sp³-hybridized carbons (Fsp3) is 1.00. The summed E-state index contributed by atoms with van der Waals surface area (Å²) in [4.78, 5) is 2.68. The highest BCUT2D eigenvalue weighted by Crippen LogP contribution is 2.38. The van der Waals surface area contributed by atoms with Gasteiger partial charge in [-0.15, -0.1) is 0 Å². The second kappa shape index (κ2) is 7.38. The summed E-state index contributed by atoms with van der Waals surface area (Å²) in [6.45, 7) is 14.0. The van der Waals surface area contributed by atoms with E-state index in [9.17, 15) is 0 Å². The largest absolute Gasteiger partial charge is 0.316 e. The zero-order valence-corrected chi connectivity index (χ0v) is 12.4. The van der Waals surface area contributed by atoms with Crippen LogP contribution in [0.15, 0.2) is 0 Å². The summed E-state index contributed by atoms with van der Waals surface area (Å²) in [6.07, 6.45) is 6.98. The molecule has 1 aliphatic carbocycles. The van der Waals surface area contributed by atoms with Crippen LogP contribution in [0.25, 0.3) is 0 Å². The third-order valence-corrected chi connectivity index (χ3v) is 4.57. The molecular weight excluding hydrogens is 208 g/mol. The number of hydrogen-bond acceptors (Lipinski definition) is 2. The molecule has 0 aromatic carbocycles. The minimum Gasteiger partial charge on any atom is -0.316 e. The van der Waals surface area contributed by atoms with Gasteiger partial charge in [0.2, 0.25) is 0 Å². The van der Waals surface area contributed by atoms with Crippen LogP contribution in [0, 0.1) is 5.41 Å². The summed E-state index contributed by atoms with van der Waals surface area (Å²) < 4.78 is 0. The second-order valence-electron chi connectivity index (χ2n) is 5.81. The third-order valence-electron chi connectivity index (χ3n) is 4.57. The van der Waals surface area contributed by atoms with E-state index in [4.69, 9.17) is 0 Å². The maximum absolute atomic E-state index is 3.59. The highest BCUT2D eigenvalue weighted by Gasteiger charge is 2.35. The summed E-state index contributed by atoms with van der Waals surface area (Å²) in [5, 5.41) is 3.59. The molecule has 0 spiro atoms. The topological polar surface area (TPSA) is 15.3 Å². The highest BCUT2D eigenvalue weighted by atomic mass is 15.2. The first-order valence-electron chi connectivity index (χ1n) is 7.62. The van der Waals surface area contributed by atoms with Gasteiger partial charge in [0, 0.05) is 19.1 Å². The Morgan fingerprint density at radius 3 is 2.29 bits per heavy atom. The normalized spacial score (nSPS) is 21.0. The Balaban J connectivity index is 2.57. The Kier molecular flexibility index (Phi) is 6.50. The molecule has 0 amide bonds. The molecule has 17 heavy (non-hydrogen) atoms. The first-order valence-corrected chi connectivity index (χ1v) is 7.62. The Labute approximate surface area is 108 Å². The average molecular weight is 240 g/mol. The number of hydrogen-bond donors (Lipinski definition) is 1. The zero-order valence-electron chi connectivity index (χ0n) is 12.4. The van der Waals surface area contributed by atoms with E-state index in [1.165, 1.54) is 51.7 Å². The van der Waals surface area contributed by atoms with Crippen LogP contribution in [0.4, 0.5) is 0 Å². The lowest BCUT2D eigenvalue weighted by Gasteiger charge is -2.38. The van der Waals surface area contributed by atoms with Gasteiger partial charge in [-0.05, 0) is 44.7 Å². The molecule has 1 N–H and O–H groups in total. The van der Waals surface area contributed by atoms with Gasteiger partial charge < -0.3 is 10.2 Å². The van der Waals surface area contributed by atoms with Crippen molar-refractivity contribution in [1.82, 2.24) is 10.2 Å². The predicted molar refractivity (Wildman–Crippen MR) is 76.4 cm³/mol. The molecule has 0 heterocycles. The van der Waals surface area contributed by atoms with Crippen LogP contribution >= 0.6 is 0 Å². The van der Waals surface area contributed by atoms with E-state index >= 15 is 0 Å². The van der Waals surface area contributed by atoms with E-state index in [1.54, 1.807) is 0 Å². The molecule has 0 bridgehead atoms. The van der Waals surface area contributed by atoms with Crippen molar-refractivity contribution in [2.45, 2.75) is 65.8 Å². The van der Waals surface area contributed by atoms with Gasteiger partial charge in [-0.25, -0.2) is 0 Å². The van der Waals surface area contributed by atoms with E-state index in [0.717, 1.165) is 12.6 Å².